The summed E-state index contributed by atoms with van der Waals surface area (Å²) >= 11 is 1.23. The van der Waals surface area contributed by atoms with Crippen LogP contribution < -0.4 is 16.2 Å². The number of hydrogen-bond acceptors (Lipinski definition) is 5. The molecule has 1 aliphatic rings. The predicted molar refractivity (Wildman–Crippen MR) is 127 cm³/mol. The van der Waals surface area contributed by atoms with E-state index in [4.69, 9.17) is 5.73 Å². The molecule has 2 aromatic heterocycles. The molecule has 1 saturated heterocycles. The first kappa shape index (κ1) is 20.7. The number of halogens is 1. The second kappa shape index (κ2) is 8.37. The number of benzene rings is 2. The summed E-state index contributed by atoms with van der Waals surface area (Å²) in [5, 5.41) is 1.90. The summed E-state index contributed by atoms with van der Waals surface area (Å²) in [5.74, 6) is -0.790. The number of nitrogens with zero attached hydrogens (tertiary/aromatic N) is 2. The number of carbonyl (C=O) groups excluding carboxylic acids is 1. The van der Waals surface area contributed by atoms with Crippen molar-refractivity contribution in [1.29, 1.82) is 0 Å². The minimum absolute atomic E-state index is 0.0919. The van der Waals surface area contributed by atoms with E-state index in [1.807, 2.05) is 18.2 Å². The van der Waals surface area contributed by atoms with Gasteiger partial charge in [-0.15, -0.1) is 11.3 Å². The van der Waals surface area contributed by atoms with Crippen LogP contribution >= 0.6 is 11.3 Å². The van der Waals surface area contributed by atoms with Gasteiger partial charge in [-0.3, -0.25) is 14.5 Å². The lowest BCUT2D eigenvalue weighted by molar-refractivity contribution is 0.100. The average molecular weight is 451 g/mol. The maximum Gasteiger partial charge on any atom is 0.258 e. The van der Waals surface area contributed by atoms with Gasteiger partial charge in [-0.25, -0.2) is 4.39 Å². The number of anilines is 1. The van der Waals surface area contributed by atoms with Gasteiger partial charge < -0.3 is 15.6 Å². The highest BCUT2D eigenvalue weighted by Gasteiger charge is 2.21. The summed E-state index contributed by atoms with van der Waals surface area (Å²) in [6.07, 6.45) is 0.892. The number of nitrogens with two attached hydrogens (primary N) is 1. The number of H-pyrrole nitrogens is 1. The molecule has 0 atom stereocenters. The highest BCUT2D eigenvalue weighted by Crippen LogP contribution is 2.35. The van der Waals surface area contributed by atoms with Crippen LogP contribution in [0.1, 0.15) is 15.2 Å². The van der Waals surface area contributed by atoms with Gasteiger partial charge in [0.2, 0.25) is 5.56 Å². The van der Waals surface area contributed by atoms with Crippen LogP contribution in [-0.2, 0) is 6.42 Å². The smallest absolute Gasteiger partial charge is 0.258 e. The molecule has 2 aromatic carbocycles. The lowest BCUT2D eigenvalue weighted by atomic mass is 10.1. The first-order valence-electron chi connectivity index (χ1n) is 10.6. The molecule has 0 bridgehead atoms. The molecular formula is C24H23FN4O2S. The van der Waals surface area contributed by atoms with Gasteiger partial charge >= 0.3 is 0 Å². The number of primary amides is 1. The van der Waals surface area contributed by atoms with Crippen molar-refractivity contribution >= 4 is 43.9 Å². The Labute approximate surface area is 188 Å². The predicted octanol–water partition coefficient (Wildman–Crippen LogP) is 3.35. The molecule has 3 N–H and O–H groups in total. The maximum absolute atomic E-state index is 14.2. The maximum atomic E-state index is 14.2. The van der Waals surface area contributed by atoms with Gasteiger partial charge in [-0.1, -0.05) is 12.1 Å². The topological polar surface area (TPSA) is 82.4 Å². The van der Waals surface area contributed by atoms with Crippen molar-refractivity contribution in [3.05, 3.63) is 75.1 Å². The van der Waals surface area contributed by atoms with Crippen LogP contribution in [0, 0.1) is 5.82 Å². The molecule has 0 radical (unpaired) electrons. The summed E-state index contributed by atoms with van der Waals surface area (Å²) in [6.45, 7) is 4.22. The molecule has 0 spiro atoms. The number of aromatic amines is 1. The Morgan fingerprint density at radius 3 is 2.62 bits per heavy atom. The molecule has 4 aromatic rings. The summed E-state index contributed by atoms with van der Waals surface area (Å²) in [5.41, 5.74) is 8.20. The normalized spacial score (nSPS) is 15.0. The van der Waals surface area contributed by atoms with E-state index in [9.17, 15) is 14.0 Å². The molecule has 0 unspecified atom stereocenters. The highest BCUT2D eigenvalue weighted by molar-refractivity contribution is 7.20. The molecule has 1 amide bonds. The fourth-order valence-corrected chi connectivity index (χ4v) is 5.28. The fourth-order valence-electron chi connectivity index (χ4n) is 4.32. The van der Waals surface area contributed by atoms with E-state index in [0.29, 0.717) is 4.88 Å². The quantitative estimate of drug-likeness (QED) is 0.489. The zero-order chi connectivity index (χ0) is 22.2. The minimum Gasteiger partial charge on any atom is -0.368 e. The molecule has 1 fully saturated rings. The number of thiophene rings is 1. The van der Waals surface area contributed by atoms with Crippen molar-refractivity contribution in [2.45, 2.75) is 6.42 Å². The zero-order valence-corrected chi connectivity index (χ0v) is 18.3. The number of aromatic nitrogens is 1. The molecule has 0 aliphatic carbocycles. The molecule has 1 aliphatic heterocycles. The summed E-state index contributed by atoms with van der Waals surface area (Å²) in [6, 6.07) is 14.3. The summed E-state index contributed by atoms with van der Waals surface area (Å²) in [4.78, 5) is 31.0. The van der Waals surface area contributed by atoms with Gasteiger partial charge in [-0.2, -0.15) is 0 Å². The van der Waals surface area contributed by atoms with Gasteiger partial charge in [0.25, 0.3) is 5.91 Å². The monoisotopic (exact) mass is 450 g/mol. The molecule has 32 heavy (non-hydrogen) atoms. The Morgan fingerprint density at radius 1 is 1.06 bits per heavy atom. The Bertz CT molecular complexity index is 1370. The summed E-state index contributed by atoms with van der Waals surface area (Å²) in [7, 11) is 0. The first-order chi connectivity index (χ1) is 15.5. The Morgan fingerprint density at radius 2 is 1.84 bits per heavy atom. The molecule has 0 saturated carbocycles. The number of pyridine rings is 1. The number of hydrogen-bond donors (Lipinski definition) is 2. The van der Waals surface area contributed by atoms with E-state index in [0.717, 1.165) is 65.8 Å². The molecule has 164 valence electrons. The van der Waals surface area contributed by atoms with E-state index in [1.165, 1.54) is 23.0 Å². The third-order valence-corrected chi connectivity index (χ3v) is 7.14. The van der Waals surface area contributed by atoms with Gasteiger partial charge in [0.1, 0.15) is 5.82 Å². The number of rotatable bonds is 5. The van der Waals surface area contributed by atoms with Gasteiger partial charge in [0, 0.05) is 60.1 Å². The van der Waals surface area contributed by atoms with Crippen molar-refractivity contribution in [3.8, 4) is 0 Å². The molecule has 5 rings (SSSR count). The Kier molecular flexibility index (Phi) is 5.40. The summed E-state index contributed by atoms with van der Waals surface area (Å²) < 4.78 is 15.0. The van der Waals surface area contributed by atoms with Crippen LogP contribution in [0.5, 0.6) is 0 Å². The molecule has 3 heterocycles. The zero-order valence-electron chi connectivity index (χ0n) is 17.4. The van der Waals surface area contributed by atoms with Crippen LogP contribution in [-0.4, -0.2) is 48.5 Å². The van der Waals surface area contributed by atoms with Crippen molar-refractivity contribution in [2.75, 3.05) is 37.6 Å². The minimum atomic E-state index is -0.486. The van der Waals surface area contributed by atoms with E-state index < -0.39 is 5.91 Å². The van der Waals surface area contributed by atoms with Crippen LogP contribution in [0.25, 0.3) is 21.0 Å². The van der Waals surface area contributed by atoms with E-state index in [1.54, 1.807) is 18.2 Å². The fraction of sp³-hybridized carbons (Fsp3) is 0.250. The lowest BCUT2D eigenvalue weighted by Crippen LogP contribution is -2.47. The van der Waals surface area contributed by atoms with E-state index in [2.05, 4.69) is 20.9 Å². The van der Waals surface area contributed by atoms with E-state index >= 15 is 0 Å². The third kappa shape index (κ3) is 4.11. The van der Waals surface area contributed by atoms with Gasteiger partial charge in [-0.05, 0) is 47.7 Å². The van der Waals surface area contributed by atoms with Crippen LogP contribution in [0.3, 0.4) is 0 Å². The lowest BCUT2D eigenvalue weighted by Gasteiger charge is -2.36. The Balaban J connectivity index is 1.25. The second-order valence-corrected chi connectivity index (χ2v) is 9.22. The number of piperazine rings is 1. The molecule has 8 heteroatoms. The average Bonchev–Trinajstić information content (AvgIpc) is 3.21. The molecule has 6 nitrogen and oxygen atoms in total. The number of carbonyl (C=O) groups is 1. The van der Waals surface area contributed by atoms with Crippen molar-refractivity contribution in [3.63, 3.8) is 0 Å². The first-order valence-corrected chi connectivity index (χ1v) is 11.4. The number of fused-ring (bicyclic) bond motifs is 2. The standard InChI is InChI=1S/C24H23FN4O2S/c25-17-12-20(18-14-22(24(26)31)32-21(18)13-17)29-9-7-28(8-10-29)6-5-15-1-2-16-3-4-23(30)27-19(16)11-15/h1-4,11-14H,5-10H2,(H2,26,31)(H,27,30). The van der Waals surface area contributed by atoms with Gasteiger partial charge in [0.15, 0.2) is 0 Å². The molecular weight excluding hydrogens is 427 g/mol. The van der Waals surface area contributed by atoms with Crippen molar-refractivity contribution in [1.82, 2.24) is 9.88 Å². The highest BCUT2D eigenvalue weighted by atomic mass is 32.1. The van der Waals surface area contributed by atoms with Crippen molar-refractivity contribution < 1.29 is 9.18 Å². The largest absolute Gasteiger partial charge is 0.368 e. The van der Waals surface area contributed by atoms with Crippen LogP contribution in [0.2, 0.25) is 0 Å². The second-order valence-electron chi connectivity index (χ2n) is 8.13. The van der Waals surface area contributed by atoms with Crippen LogP contribution in [0.15, 0.2) is 53.3 Å². The number of nitrogens with one attached hydrogen (secondary N) is 1. The van der Waals surface area contributed by atoms with E-state index in [-0.39, 0.29) is 11.4 Å². The van der Waals surface area contributed by atoms with Gasteiger partial charge in [0.05, 0.1) is 4.88 Å². The number of amides is 1. The third-order valence-electron chi connectivity index (χ3n) is 6.04. The Hall–Kier alpha value is -3.23. The van der Waals surface area contributed by atoms with Crippen LogP contribution in [0.4, 0.5) is 10.1 Å². The van der Waals surface area contributed by atoms with Crippen molar-refractivity contribution in [2.24, 2.45) is 5.73 Å². The SMILES string of the molecule is NC(=O)c1cc2c(N3CCN(CCc4ccc5ccc(=O)[nH]c5c4)CC3)cc(F)cc2s1.